The molecule has 0 saturated heterocycles. The van der Waals surface area contributed by atoms with Crippen molar-refractivity contribution >= 4 is 17.1 Å². The van der Waals surface area contributed by atoms with E-state index in [1.807, 2.05) is 54.0 Å². The van der Waals surface area contributed by atoms with Crippen molar-refractivity contribution < 1.29 is 0 Å². The third-order valence-electron chi connectivity index (χ3n) is 6.20. The molecule has 5 rings (SSSR count). The number of anilines is 1. The molecule has 0 saturated carbocycles. The van der Waals surface area contributed by atoms with Gasteiger partial charge in [-0.2, -0.15) is 4.98 Å². The molecule has 0 spiro atoms. The van der Waals surface area contributed by atoms with Crippen molar-refractivity contribution in [1.29, 1.82) is 0 Å². The van der Waals surface area contributed by atoms with Gasteiger partial charge >= 0.3 is 5.69 Å². The van der Waals surface area contributed by atoms with Crippen molar-refractivity contribution in [2.75, 3.05) is 11.4 Å². The fraction of sp³-hybridized carbons (Fsp3) is 0.320. The standard InChI is InChI=1S/C25H27N5O2/c1-17-9-11-20(12-10-17)16-30-23(31)21-22(27(3)25(30)32)26-24-28(13-18(2)14-29(21)24)15-19-7-5-4-6-8-19/h4-12,18H,13-16H2,1-3H3. The van der Waals surface area contributed by atoms with Crippen LogP contribution in [0.1, 0.15) is 23.6 Å². The van der Waals surface area contributed by atoms with Crippen LogP contribution in [0.2, 0.25) is 0 Å². The number of imidazole rings is 1. The molecule has 2 aromatic heterocycles. The lowest BCUT2D eigenvalue weighted by Gasteiger charge is -2.33. The Morgan fingerprint density at radius 3 is 2.34 bits per heavy atom. The zero-order chi connectivity index (χ0) is 22.4. The van der Waals surface area contributed by atoms with Gasteiger partial charge in [-0.1, -0.05) is 67.1 Å². The van der Waals surface area contributed by atoms with Gasteiger partial charge in [-0.25, -0.2) is 4.79 Å². The van der Waals surface area contributed by atoms with E-state index in [4.69, 9.17) is 4.98 Å². The maximum atomic E-state index is 13.5. The molecule has 4 aromatic rings. The second kappa shape index (κ2) is 7.82. The molecule has 0 aliphatic carbocycles. The molecular weight excluding hydrogens is 402 g/mol. The van der Waals surface area contributed by atoms with Gasteiger partial charge in [0.15, 0.2) is 11.2 Å². The topological polar surface area (TPSA) is 65.1 Å². The fourth-order valence-electron chi connectivity index (χ4n) is 4.56. The highest BCUT2D eigenvalue weighted by atomic mass is 16.2. The van der Waals surface area contributed by atoms with Gasteiger partial charge in [0, 0.05) is 26.7 Å². The number of benzene rings is 2. The predicted octanol–water partition coefficient (Wildman–Crippen LogP) is 2.91. The molecular formula is C25H27N5O2. The molecule has 1 atom stereocenters. The molecule has 32 heavy (non-hydrogen) atoms. The van der Waals surface area contributed by atoms with Gasteiger partial charge in [0.2, 0.25) is 5.95 Å². The molecule has 3 heterocycles. The van der Waals surface area contributed by atoms with Crippen LogP contribution < -0.4 is 16.1 Å². The molecule has 0 bridgehead atoms. The van der Waals surface area contributed by atoms with Crippen LogP contribution in [0.3, 0.4) is 0 Å². The van der Waals surface area contributed by atoms with Gasteiger partial charge in [0.05, 0.1) is 6.54 Å². The number of hydrogen-bond donors (Lipinski definition) is 0. The lowest BCUT2D eigenvalue weighted by atomic mass is 10.1. The van der Waals surface area contributed by atoms with Gasteiger partial charge in [0.1, 0.15) is 0 Å². The summed E-state index contributed by atoms with van der Waals surface area (Å²) in [6.07, 6.45) is 0. The van der Waals surface area contributed by atoms with Gasteiger partial charge in [-0.05, 0) is 24.0 Å². The number of rotatable bonds is 4. The second-order valence-corrected chi connectivity index (χ2v) is 8.88. The Morgan fingerprint density at radius 1 is 0.938 bits per heavy atom. The van der Waals surface area contributed by atoms with Crippen molar-refractivity contribution in [3.05, 3.63) is 92.1 Å². The van der Waals surface area contributed by atoms with E-state index in [1.165, 1.54) is 14.7 Å². The lowest BCUT2D eigenvalue weighted by molar-refractivity contribution is 0.435. The molecule has 164 valence electrons. The Balaban J connectivity index is 1.65. The first-order chi connectivity index (χ1) is 15.4. The third kappa shape index (κ3) is 3.43. The molecule has 0 N–H and O–H groups in total. The SMILES string of the molecule is Cc1ccc(Cn2c(=O)c3c(nc4n3CC(C)CN4Cc3ccccc3)n(C)c2=O)cc1. The van der Waals surface area contributed by atoms with Crippen molar-refractivity contribution in [2.45, 2.75) is 33.5 Å². The zero-order valence-corrected chi connectivity index (χ0v) is 18.7. The Hall–Kier alpha value is -3.61. The highest BCUT2D eigenvalue weighted by Crippen LogP contribution is 2.28. The summed E-state index contributed by atoms with van der Waals surface area (Å²) in [5.74, 6) is 1.10. The van der Waals surface area contributed by atoms with E-state index >= 15 is 0 Å². The number of nitrogens with zero attached hydrogens (tertiary/aromatic N) is 5. The molecule has 2 aromatic carbocycles. The molecule has 7 heteroatoms. The maximum absolute atomic E-state index is 13.5. The van der Waals surface area contributed by atoms with Crippen LogP contribution in [0.5, 0.6) is 0 Å². The average molecular weight is 430 g/mol. The highest BCUT2D eigenvalue weighted by molar-refractivity contribution is 5.75. The van der Waals surface area contributed by atoms with E-state index in [2.05, 4.69) is 24.0 Å². The molecule has 1 aliphatic heterocycles. The van der Waals surface area contributed by atoms with Gasteiger partial charge < -0.3 is 9.47 Å². The summed E-state index contributed by atoms with van der Waals surface area (Å²) in [7, 11) is 1.69. The van der Waals surface area contributed by atoms with E-state index in [9.17, 15) is 9.59 Å². The summed E-state index contributed by atoms with van der Waals surface area (Å²) >= 11 is 0. The smallest absolute Gasteiger partial charge is 0.332 e. The zero-order valence-electron chi connectivity index (χ0n) is 18.7. The first kappa shape index (κ1) is 20.3. The van der Waals surface area contributed by atoms with E-state index in [-0.39, 0.29) is 17.8 Å². The second-order valence-electron chi connectivity index (χ2n) is 8.88. The van der Waals surface area contributed by atoms with Gasteiger partial charge in [-0.15, -0.1) is 0 Å². The number of hydrogen-bond acceptors (Lipinski definition) is 4. The van der Waals surface area contributed by atoms with Crippen LogP contribution in [0, 0.1) is 12.8 Å². The van der Waals surface area contributed by atoms with Crippen LogP contribution in [0.4, 0.5) is 5.95 Å². The summed E-state index contributed by atoms with van der Waals surface area (Å²) in [5, 5.41) is 0. The van der Waals surface area contributed by atoms with Crippen LogP contribution in [0.15, 0.2) is 64.2 Å². The van der Waals surface area contributed by atoms with Gasteiger partial charge in [0.25, 0.3) is 5.56 Å². The van der Waals surface area contributed by atoms with Crippen LogP contribution in [0.25, 0.3) is 11.2 Å². The first-order valence-electron chi connectivity index (χ1n) is 11.0. The van der Waals surface area contributed by atoms with Crippen LogP contribution in [-0.2, 0) is 26.7 Å². The number of fused-ring (bicyclic) bond motifs is 3. The van der Waals surface area contributed by atoms with Crippen molar-refractivity contribution in [1.82, 2.24) is 18.7 Å². The van der Waals surface area contributed by atoms with E-state index < -0.39 is 0 Å². The first-order valence-corrected chi connectivity index (χ1v) is 11.0. The third-order valence-corrected chi connectivity index (χ3v) is 6.20. The summed E-state index contributed by atoms with van der Waals surface area (Å²) < 4.78 is 4.82. The minimum Gasteiger partial charge on any atom is -0.338 e. The number of aryl methyl sites for hydroxylation is 2. The van der Waals surface area contributed by atoms with Gasteiger partial charge in [-0.3, -0.25) is 13.9 Å². The monoisotopic (exact) mass is 429 g/mol. The molecule has 1 unspecified atom stereocenters. The predicted molar refractivity (Wildman–Crippen MR) is 126 cm³/mol. The van der Waals surface area contributed by atoms with E-state index in [1.54, 1.807) is 7.05 Å². The molecule has 0 radical (unpaired) electrons. The Labute approximate surface area is 186 Å². The van der Waals surface area contributed by atoms with E-state index in [0.29, 0.717) is 30.2 Å². The minimum atomic E-state index is -0.346. The maximum Gasteiger partial charge on any atom is 0.332 e. The van der Waals surface area contributed by atoms with Crippen molar-refractivity contribution in [3.63, 3.8) is 0 Å². The molecule has 7 nitrogen and oxygen atoms in total. The van der Waals surface area contributed by atoms with Crippen LogP contribution in [-0.4, -0.2) is 25.2 Å². The normalized spacial score (nSPS) is 15.8. The minimum absolute atomic E-state index is 0.242. The quantitative estimate of drug-likeness (QED) is 0.500. The highest BCUT2D eigenvalue weighted by Gasteiger charge is 2.29. The average Bonchev–Trinajstić information content (AvgIpc) is 3.17. The Morgan fingerprint density at radius 2 is 1.62 bits per heavy atom. The Kier molecular flexibility index (Phi) is 4.96. The summed E-state index contributed by atoms with van der Waals surface area (Å²) in [4.78, 5) is 33.6. The fourth-order valence-corrected chi connectivity index (χ4v) is 4.56. The van der Waals surface area contributed by atoms with E-state index in [0.717, 1.165) is 23.6 Å². The summed E-state index contributed by atoms with van der Waals surface area (Å²) in [6, 6.07) is 18.2. The molecule has 1 aliphatic rings. The summed E-state index contributed by atoms with van der Waals surface area (Å²) in [6.45, 7) is 6.70. The van der Waals surface area contributed by atoms with Crippen LogP contribution >= 0.6 is 0 Å². The van der Waals surface area contributed by atoms with Crippen molar-refractivity contribution in [3.8, 4) is 0 Å². The Bertz CT molecular complexity index is 1400. The largest absolute Gasteiger partial charge is 0.338 e. The van der Waals surface area contributed by atoms with Crippen molar-refractivity contribution in [2.24, 2.45) is 13.0 Å². The molecule has 0 amide bonds. The lowest BCUT2D eigenvalue weighted by Crippen LogP contribution is -2.41. The molecule has 0 fully saturated rings. The number of aromatic nitrogens is 4. The summed E-state index contributed by atoms with van der Waals surface area (Å²) in [5.41, 5.74) is 3.57.